The molecule has 0 aliphatic carbocycles. The van der Waals surface area contributed by atoms with Crippen molar-refractivity contribution in [1.29, 1.82) is 0 Å². The fourth-order valence-corrected chi connectivity index (χ4v) is 1.04. The molecule has 0 bridgehead atoms. The van der Waals surface area contributed by atoms with Crippen LogP contribution in [0.5, 0.6) is 0 Å². The number of aliphatic hydroxyl groups is 1. The van der Waals surface area contributed by atoms with Crippen LogP contribution >= 0.6 is 0 Å². The highest BCUT2D eigenvalue weighted by Crippen LogP contribution is 2.06. The minimum absolute atomic E-state index is 0.295. The molecule has 1 fully saturated rings. The number of carbonyl (C=O) groups is 1. The van der Waals surface area contributed by atoms with E-state index >= 15 is 0 Å². The molecule has 4 nitrogen and oxygen atoms in total. The first kappa shape index (κ1) is 7.50. The number of ether oxygens (including phenoxy) is 1. The fraction of sp³-hybridized carbons (Fsp3) is 0.833. The van der Waals surface area contributed by atoms with Crippen molar-refractivity contribution in [2.45, 2.75) is 18.6 Å². The van der Waals surface area contributed by atoms with Crippen LogP contribution in [0.4, 0.5) is 0 Å². The highest BCUT2D eigenvalue weighted by atomic mass is 16.5. The van der Waals surface area contributed by atoms with E-state index in [1.54, 1.807) is 0 Å². The van der Waals surface area contributed by atoms with Gasteiger partial charge >= 0.3 is 5.97 Å². The number of rotatable bonds is 1. The van der Waals surface area contributed by atoms with Gasteiger partial charge in [0.15, 0.2) is 0 Å². The van der Waals surface area contributed by atoms with Gasteiger partial charge in [0.2, 0.25) is 0 Å². The van der Waals surface area contributed by atoms with Gasteiger partial charge in [-0.2, -0.15) is 0 Å². The van der Waals surface area contributed by atoms with Gasteiger partial charge in [0.05, 0.1) is 13.2 Å². The standard InChI is InChI=1S/C6H11NO3/c1-10-6(9)5-2-4(8)3-7-5/h4-5,7-8H,2-3H2,1H3/t4-,5-/m0/s1. The first-order valence-electron chi connectivity index (χ1n) is 3.23. The summed E-state index contributed by atoms with van der Waals surface area (Å²) in [6, 6.07) is -0.306. The Balaban J connectivity index is 2.37. The SMILES string of the molecule is COC(=O)[C@@H]1C[C@H](O)CN1. The summed E-state index contributed by atoms with van der Waals surface area (Å²) in [4.78, 5) is 10.8. The van der Waals surface area contributed by atoms with Crippen molar-refractivity contribution in [1.82, 2.24) is 5.32 Å². The summed E-state index contributed by atoms with van der Waals surface area (Å²) in [6.07, 6.45) is 0.0660. The number of nitrogens with one attached hydrogen (secondary N) is 1. The second kappa shape index (κ2) is 2.98. The maximum absolute atomic E-state index is 10.8. The second-order valence-electron chi connectivity index (χ2n) is 2.37. The third-order valence-corrected chi connectivity index (χ3v) is 1.59. The first-order valence-corrected chi connectivity index (χ1v) is 3.23. The lowest BCUT2D eigenvalue weighted by molar-refractivity contribution is -0.142. The van der Waals surface area contributed by atoms with E-state index in [9.17, 15) is 4.79 Å². The summed E-state index contributed by atoms with van der Waals surface area (Å²) < 4.78 is 4.47. The fourth-order valence-electron chi connectivity index (χ4n) is 1.04. The Bertz CT molecular complexity index is 137. The van der Waals surface area contributed by atoms with Crippen molar-refractivity contribution < 1.29 is 14.6 Å². The number of hydrogen-bond acceptors (Lipinski definition) is 4. The number of β-amino-alcohol motifs (C(OH)–C–C–N with tert-alkyl or cyclic N) is 1. The molecule has 0 aromatic rings. The van der Waals surface area contributed by atoms with Crippen molar-refractivity contribution >= 4 is 5.97 Å². The van der Waals surface area contributed by atoms with Crippen molar-refractivity contribution in [3.63, 3.8) is 0 Å². The van der Waals surface area contributed by atoms with Gasteiger partial charge in [-0.25, -0.2) is 0 Å². The largest absolute Gasteiger partial charge is 0.468 e. The van der Waals surface area contributed by atoms with Gasteiger partial charge in [-0.1, -0.05) is 0 Å². The van der Waals surface area contributed by atoms with Gasteiger partial charge in [-0.05, 0) is 0 Å². The normalized spacial score (nSPS) is 32.2. The molecule has 0 radical (unpaired) electrons. The van der Waals surface area contributed by atoms with Crippen LogP contribution in [-0.4, -0.2) is 36.9 Å². The van der Waals surface area contributed by atoms with E-state index in [2.05, 4.69) is 10.1 Å². The molecule has 1 saturated heterocycles. The predicted molar refractivity (Wildman–Crippen MR) is 34.4 cm³/mol. The molecule has 1 aliphatic heterocycles. The summed E-state index contributed by atoms with van der Waals surface area (Å²) in [7, 11) is 1.34. The van der Waals surface area contributed by atoms with Crippen molar-refractivity contribution in [3.05, 3.63) is 0 Å². The van der Waals surface area contributed by atoms with Crippen molar-refractivity contribution in [3.8, 4) is 0 Å². The number of aliphatic hydroxyl groups excluding tert-OH is 1. The van der Waals surface area contributed by atoms with Crippen LogP contribution in [-0.2, 0) is 9.53 Å². The van der Waals surface area contributed by atoms with E-state index in [4.69, 9.17) is 5.11 Å². The molecule has 0 aromatic carbocycles. The number of esters is 1. The predicted octanol–water partition coefficient (Wildman–Crippen LogP) is -1.12. The third kappa shape index (κ3) is 1.46. The van der Waals surface area contributed by atoms with Crippen LogP contribution in [0.15, 0.2) is 0 Å². The lowest BCUT2D eigenvalue weighted by atomic mass is 10.2. The van der Waals surface area contributed by atoms with Gasteiger partial charge in [-0.15, -0.1) is 0 Å². The maximum atomic E-state index is 10.8. The molecule has 1 aliphatic rings. The second-order valence-corrected chi connectivity index (χ2v) is 2.37. The molecule has 1 heterocycles. The Morgan fingerprint density at radius 3 is 2.90 bits per heavy atom. The zero-order chi connectivity index (χ0) is 7.56. The van der Waals surface area contributed by atoms with Gasteiger partial charge in [0, 0.05) is 13.0 Å². The van der Waals surface area contributed by atoms with Gasteiger partial charge < -0.3 is 15.2 Å². The summed E-state index contributed by atoms with van der Waals surface area (Å²) >= 11 is 0. The number of methoxy groups -OCH3 is 1. The van der Waals surface area contributed by atoms with Crippen LogP contribution < -0.4 is 5.32 Å². The Morgan fingerprint density at radius 2 is 2.50 bits per heavy atom. The molecule has 58 valence electrons. The summed E-state index contributed by atoms with van der Waals surface area (Å²) in [5, 5.41) is 11.8. The highest BCUT2D eigenvalue weighted by Gasteiger charge is 2.28. The van der Waals surface area contributed by atoms with E-state index in [0.717, 1.165) is 0 Å². The average molecular weight is 145 g/mol. The molecule has 0 unspecified atom stereocenters. The third-order valence-electron chi connectivity index (χ3n) is 1.59. The van der Waals surface area contributed by atoms with Crippen LogP contribution in [0, 0.1) is 0 Å². The Labute approximate surface area is 59.2 Å². The van der Waals surface area contributed by atoms with E-state index < -0.39 is 6.10 Å². The monoisotopic (exact) mass is 145 g/mol. The smallest absolute Gasteiger partial charge is 0.322 e. The van der Waals surface area contributed by atoms with Gasteiger partial charge in [0.1, 0.15) is 6.04 Å². The summed E-state index contributed by atoms with van der Waals surface area (Å²) in [5.74, 6) is -0.295. The minimum atomic E-state index is -0.399. The number of carbonyl (C=O) groups excluding carboxylic acids is 1. The molecule has 2 atom stereocenters. The number of hydrogen-bond donors (Lipinski definition) is 2. The van der Waals surface area contributed by atoms with Gasteiger partial charge in [-0.3, -0.25) is 4.79 Å². The Kier molecular flexibility index (Phi) is 2.24. The first-order chi connectivity index (χ1) is 4.74. The summed E-state index contributed by atoms with van der Waals surface area (Å²) in [5.41, 5.74) is 0. The molecular formula is C6H11NO3. The van der Waals surface area contributed by atoms with Crippen LogP contribution in [0.2, 0.25) is 0 Å². The van der Waals surface area contributed by atoms with Crippen molar-refractivity contribution in [2.75, 3.05) is 13.7 Å². The molecular weight excluding hydrogens is 134 g/mol. The van der Waals surface area contributed by atoms with E-state index in [-0.39, 0.29) is 12.0 Å². The molecule has 1 rings (SSSR count). The van der Waals surface area contributed by atoms with Crippen molar-refractivity contribution in [2.24, 2.45) is 0 Å². The molecule has 2 N–H and O–H groups in total. The highest BCUT2D eigenvalue weighted by molar-refractivity contribution is 5.76. The topological polar surface area (TPSA) is 58.6 Å². The quantitative estimate of drug-likeness (QED) is 0.459. The Morgan fingerprint density at radius 1 is 1.80 bits per heavy atom. The van der Waals surface area contributed by atoms with E-state index in [0.29, 0.717) is 13.0 Å². The van der Waals surface area contributed by atoms with Crippen LogP contribution in [0.1, 0.15) is 6.42 Å². The zero-order valence-corrected chi connectivity index (χ0v) is 5.83. The lowest BCUT2D eigenvalue weighted by Gasteiger charge is -2.05. The minimum Gasteiger partial charge on any atom is -0.468 e. The molecule has 0 saturated carbocycles. The zero-order valence-electron chi connectivity index (χ0n) is 5.83. The van der Waals surface area contributed by atoms with E-state index in [1.165, 1.54) is 7.11 Å². The molecule has 0 spiro atoms. The van der Waals surface area contributed by atoms with Crippen LogP contribution in [0.25, 0.3) is 0 Å². The van der Waals surface area contributed by atoms with E-state index in [1.807, 2.05) is 0 Å². The molecule has 4 heteroatoms. The maximum Gasteiger partial charge on any atom is 0.322 e. The average Bonchev–Trinajstić information content (AvgIpc) is 2.34. The molecule has 0 aromatic heterocycles. The van der Waals surface area contributed by atoms with Gasteiger partial charge in [0.25, 0.3) is 0 Å². The molecule has 10 heavy (non-hydrogen) atoms. The molecule has 0 amide bonds. The van der Waals surface area contributed by atoms with Crippen LogP contribution in [0.3, 0.4) is 0 Å². The summed E-state index contributed by atoms with van der Waals surface area (Å²) in [6.45, 7) is 0.486. The Hall–Kier alpha value is -0.610. The lowest BCUT2D eigenvalue weighted by Crippen LogP contribution is -2.31.